The third-order valence-electron chi connectivity index (χ3n) is 9.76. The van der Waals surface area contributed by atoms with E-state index in [1.54, 1.807) is 0 Å². The molecule has 1 aliphatic carbocycles. The Morgan fingerprint density at radius 3 is 2.65 bits per heavy atom. The molecule has 3 atom stereocenters. The van der Waals surface area contributed by atoms with Crippen molar-refractivity contribution in [2.45, 2.75) is 50.2 Å². The Hall–Kier alpha value is -5.29. The molecule has 11 heteroatoms. The predicted octanol–water partition coefficient (Wildman–Crippen LogP) is 6.11. The molecule has 0 spiro atoms. The number of hydrogen-bond acceptors (Lipinski definition) is 7. The molecule has 5 aromatic rings. The first-order valence-electron chi connectivity index (χ1n) is 16.7. The fraction of sp³-hybridized carbons (Fsp3) is 0.324. The van der Waals surface area contributed by atoms with Crippen molar-refractivity contribution in [2.75, 3.05) is 20.2 Å². The monoisotopic (exact) mass is 642 g/mol. The summed E-state index contributed by atoms with van der Waals surface area (Å²) in [6.07, 6.45) is 15.9. The van der Waals surface area contributed by atoms with Crippen molar-refractivity contribution in [3.05, 3.63) is 90.8 Å². The number of fused-ring (bicyclic) bond motifs is 2. The van der Waals surface area contributed by atoms with Crippen LogP contribution in [0.5, 0.6) is 0 Å². The maximum atomic E-state index is 13.9. The normalized spacial score (nSPS) is 20.1. The number of ether oxygens (including phenoxy) is 1. The largest absolute Gasteiger partial charge is 0.453 e. The molecule has 48 heavy (non-hydrogen) atoms. The van der Waals surface area contributed by atoms with Gasteiger partial charge >= 0.3 is 6.09 Å². The Morgan fingerprint density at radius 1 is 0.938 bits per heavy atom. The summed E-state index contributed by atoms with van der Waals surface area (Å²) in [4.78, 5) is 49.3. The van der Waals surface area contributed by atoms with Crippen LogP contribution in [0.1, 0.15) is 55.8 Å². The molecule has 0 bridgehead atoms. The van der Waals surface area contributed by atoms with Gasteiger partial charge in [-0.25, -0.2) is 14.8 Å². The number of imidazole rings is 2. The third-order valence-corrected chi connectivity index (χ3v) is 9.76. The number of amides is 2. The number of pyridine rings is 1. The van der Waals surface area contributed by atoms with Gasteiger partial charge in [-0.15, -0.1) is 0 Å². The van der Waals surface area contributed by atoms with E-state index in [4.69, 9.17) is 14.7 Å². The molecule has 8 rings (SSSR count). The van der Waals surface area contributed by atoms with E-state index < -0.39 is 12.1 Å². The Balaban J connectivity index is 1.03. The number of aromatic amines is 2. The van der Waals surface area contributed by atoms with E-state index >= 15 is 0 Å². The topological polar surface area (TPSA) is 141 Å². The van der Waals surface area contributed by atoms with Crippen LogP contribution in [0.4, 0.5) is 4.79 Å². The smallest absolute Gasteiger partial charge is 0.407 e. The number of carbonyl (C=O) groups is 2. The first-order valence-corrected chi connectivity index (χ1v) is 16.7. The van der Waals surface area contributed by atoms with Gasteiger partial charge in [-0.3, -0.25) is 9.78 Å². The van der Waals surface area contributed by atoms with Gasteiger partial charge in [0.15, 0.2) is 0 Å². The van der Waals surface area contributed by atoms with E-state index in [0.29, 0.717) is 12.6 Å². The van der Waals surface area contributed by atoms with Gasteiger partial charge in [-0.1, -0.05) is 42.5 Å². The number of methoxy groups -OCH3 is 1. The van der Waals surface area contributed by atoms with E-state index in [9.17, 15) is 9.59 Å². The van der Waals surface area contributed by atoms with Crippen LogP contribution in [-0.4, -0.2) is 68.1 Å². The summed E-state index contributed by atoms with van der Waals surface area (Å²) in [7, 11) is 1.31. The average Bonchev–Trinajstić information content (AvgIpc) is 3.96. The van der Waals surface area contributed by atoms with Crippen LogP contribution in [0.25, 0.3) is 44.3 Å². The molecule has 2 fully saturated rings. The van der Waals surface area contributed by atoms with Gasteiger partial charge in [0.05, 0.1) is 47.8 Å². The number of alkyl carbamates (subject to hydrolysis) is 1. The van der Waals surface area contributed by atoms with Crippen molar-refractivity contribution >= 4 is 33.8 Å². The molecule has 2 amide bonds. The van der Waals surface area contributed by atoms with E-state index in [-0.39, 0.29) is 17.9 Å². The van der Waals surface area contributed by atoms with E-state index in [2.05, 4.69) is 55.9 Å². The van der Waals surface area contributed by atoms with Gasteiger partial charge in [0.2, 0.25) is 5.91 Å². The molecule has 3 aromatic heterocycles. The number of rotatable bonds is 7. The minimum atomic E-state index is -0.761. The molecule has 4 N–H and O–H groups in total. The van der Waals surface area contributed by atoms with Crippen molar-refractivity contribution in [3.8, 4) is 22.5 Å². The first-order chi connectivity index (χ1) is 23.5. The zero-order chi connectivity index (χ0) is 32.6. The van der Waals surface area contributed by atoms with Gasteiger partial charge in [-0.05, 0) is 68.3 Å². The number of nitrogens with one attached hydrogen (secondary N) is 4. The van der Waals surface area contributed by atoms with E-state index in [0.717, 1.165) is 88.2 Å². The van der Waals surface area contributed by atoms with Crippen LogP contribution in [0.2, 0.25) is 0 Å². The minimum absolute atomic E-state index is 0.146. The Labute approximate surface area is 277 Å². The number of aromatic nitrogens is 5. The summed E-state index contributed by atoms with van der Waals surface area (Å²) >= 11 is 0. The average molecular weight is 643 g/mol. The van der Waals surface area contributed by atoms with Crippen LogP contribution in [0.3, 0.4) is 0 Å². The highest BCUT2D eigenvalue weighted by atomic mass is 16.5. The quantitative estimate of drug-likeness (QED) is 0.157. The number of likely N-dealkylation sites (tertiary alicyclic amines) is 1. The summed E-state index contributed by atoms with van der Waals surface area (Å²) in [6.45, 7) is 1.63. The molecule has 5 heterocycles. The van der Waals surface area contributed by atoms with E-state index in [1.807, 2.05) is 53.7 Å². The molecule has 3 aliphatic rings. The number of allylic oxidation sites excluding steroid dienone is 2. The SMILES string of the molecule is COC(=O)N[C@H](C(=O)N1CCC[C@H]1c1nc2ccc(-c3cc4ccc(-c5cnc([C@@H]6CCCN6)[nH]5)cc4cn3)cc2[nH]1)C1C=CCC=C1. The Morgan fingerprint density at radius 2 is 1.81 bits per heavy atom. The molecule has 0 unspecified atom stereocenters. The Bertz CT molecular complexity index is 2040. The Kier molecular flexibility index (Phi) is 7.97. The highest BCUT2D eigenvalue weighted by molar-refractivity contribution is 5.90. The molecule has 11 nitrogen and oxygen atoms in total. The number of hydrogen-bond donors (Lipinski definition) is 4. The second kappa shape index (κ2) is 12.7. The van der Waals surface area contributed by atoms with Crippen molar-refractivity contribution in [3.63, 3.8) is 0 Å². The van der Waals surface area contributed by atoms with E-state index in [1.165, 1.54) is 13.5 Å². The van der Waals surface area contributed by atoms with Crippen molar-refractivity contribution < 1.29 is 14.3 Å². The van der Waals surface area contributed by atoms with Crippen LogP contribution >= 0.6 is 0 Å². The lowest BCUT2D eigenvalue weighted by Crippen LogP contribution is -2.51. The molecule has 2 saturated heterocycles. The van der Waals surface area contributed by atoms with Crippen LogP contribution in [0.15, 0.2) is 79.2 Å². The standard InChI is InChI=1S/C37H38N8O3/c1-48-37(47)44-33(22-7-3-2-4-8-22)36(46)45-16-6-10-32(45)35-41-27-14-13-25(19-30(27)42-35)29-18-23-11-12-24(17-26(23)20-39-29)31-21-40-34(43-31)28-9-5-15-38-28/h3-4,7-8,11-14,17-22,28,32-33,38H,2,5-6,9-10,15-16H2,1H3,(H,40,43)(H,41,42)(H,44,47)/t28-,32-,33-/m0/s1. The number of carbonyl (C=O) groups excluding carboxylic acids is 2. The maximum Gasteiger partial charge on any atom is 0.407 e. The summed E-state index contributed by atoms with van der Waals surface area (Å²) in [5, 5.41) is 8.43. The van der Waals surface area contributed by atoms with Gasteiger partial charge in [0, 0.05) is 35.2 Å². The summed E-state index contributed by atoms with van der Waals surface area (Å²) < 4.78 is 4.85. The summed E-state index contributed by atoms with van der Waals surface area (Å²) in [6, 6.07) is 13.9. The van der Waals surface area contributed by atoms with Crippen LogP contribution in [-0.2, 0) is 9.53 Å². The third kappa shape index (κ3) is 5.74. The molecule has 0 saturated carbocycles. The lowest BCUT2D eigenvalue weighted by molar-refractivity contribution is -0.135. The number of benzene rings is 2. The van der Waals surface area contributed by atoms with Crippen LogP contribution < -0.4 is 10.6 Å². The van der Waals surface area contributed by atoms with Gasteiger partial charge < -0.3 is 30.2 Å². The fourth-order valence-electron chi connectivity index (χ4n) is 7.23. The van der Waals surface area contributed by atoms with Gasteiger partial charge in [0.25, 0.3) is 0 Å². The molecule has 244 valence electrons. The number of nitrogens with zero attached hydrogens (tertiary/aromatic N) is 4. The van der Waals surface area contributed by atoms with Crippen LogP contribution in [0, 0.1) is 5.92 Å². The predicted molar refractivity (Wildman–Crippen MR) is 184 cm³/mol. The maximum absolute atomic E-state index is 13.9. The lowest BCUT2D eigenvalue weighted by Gasteiger charge is -2.31. The van der Waals surface area contributed by atoms with Crippen molar-refractivity contribution in [2.24, 2.45) is 5.92 Å². The second-order valence-electron chi connectivity index (χ2n) is 12.8. The summed E-state index contributed by atoms with van der Waals surface area (Å²) in [5.74, 6) is 1.34. The second-order valence-corrected chi connectivity index (χ2v) is 12.8. The first kappa shape index (κ1) is 30.1. The molecular weight excluding hydrogens is 604 g/mol. The zero-order valence-corrected chi connectivity index (χ0v) is 26.8. The molecule has 2 aromatic carbocycles. The molecule has 0 radical (unpaired) electrons. The molecule has 2 aliphatic heterocycles. The number of H-pyrrole nitrogens is 2. The lowest BCUT2D eigenvalue weighted by atomic mass is 9.93. The summed E-state index contributed by atoms with van der Waals surface area (Å²) in [5.41, 5.74) is 5.64. The molecular formula is C37H38N8O3. The van der Waals surface area contributed by atoms with Gasteiger partial charge in [0.1, 0.15) is 17.7 Å². The minimum Gasteiger partial charge on any atom is -0.453 e. The van der Waals surface area contributed by atoms with Crippen molar-refractivity contribution in [1.82, 2.24) is 40.5 Å². The highest BCUT2D eigenvalue weighted by Crippen LogP contribution is 2.34. The van der Waals surface area contributed by atoms with Gasteiger partial charge in [-0.2, -0.15) is 0 Å². The zero-order valence-electron chi connectivity index (χ0n) is 26.8. The van der Waals surface area contributed by atoms with Crippen molar-refractivity contribution in [1.29, 1.82) is 0 Å². The fourth-order valence-corrected chi connectivity index (χ4v) is 7.23. The highest BCUT2D eigenvalue weighted by Gasteiger charge is 2.38.